The number of rotatable bonds is 6. The van der Waals surface area contributed by atoms with Gasteiger partial charge < -0.3 is 13.7 Å². The molecule has 0 amide bonds. The summed E-state index contributed by atoms with van der Waals surface area (Å²) in [5, 5.41) is 0. The van der Waals surface area contributed by atoms with E-state index in [4.69, 9.17) is 0 Å². The summed E-state index contributed by atoms with van der Waals surface area (Å²) in [6, 6.07) is 0. The Morgan fingerprint density at radius 1 is 0.889 bits per heavy atom. The van der Waals surface area contributed by atoms with Crippen molar-refractivity contribution in [1.29, 1.82) is 0 Å². The van der Waals surface area contributed by atoms with Crippen molar-refractivity contribution >= 4 is 31.3 Å². The maximum atomic E-state index is 10.2. The average Bonchev–Trinajstić information content (AvgIpc) is 1.73. The molecule has 0 aromatic heterocycles. The molecule has 15 heteroatoms. The fourth-order valence-electron chi connectivity index (χ4n) is 0.708. The van der Waals surface area contributed by atoms with Gasteiger partial charge in [-0.25, -0.2) is 16.8 Å². The minimum atomic E-state index is -4.84. The van der Waals surface area contributed by atoms with Crippen molar-refractivity contribution in [3.63, 3.8) is 0 Å². The van der Waals surface area contributed by atoms with E-state index in [1.807, 2.05) is 0 Å². The SMILES string of the molecule is O=S([O-])CN(CS(=O)(=O)[O-])CS(=O)(=O)[O-].[Na+].[Na+].[Na+]. The Balaban J connectivity index is -0.000000327. The van der Waals surface area contributed by atoms with E-state index in [1.54, 1.807) is 0 Å². The molecule has 0 aromatic carbocycles. The van der Waals surface area contributed by atoms with E-state index in [0.29, 0.717) is 0 Å². The van der Waals surface area contributed by atoms with E-state index in [0.717, 1.165) is 0 Å². The summed E-state index contributed by atoms with van der Waals surface area (Å²) in [5.41, 5.74) is 0. The Labute approximate surface area is 174 Å². The van der Waals surface area contributed by atoms with Crippen molar-refractivity contribution in [2.75, 3.05) is 17.6 Å². The van der Waals surface area contributed by atoms with Crippen molar-refractivity contribution in [3.05, 3.63) is 0 Å². The van der Waals surface area contributed by atoms with Gasteiger partial charge in [-0.05, 0) is 11.1 Å². The van der Waals surface area contributed by atoms with Crippen molar-refractivity contribution in [2.45, 2.75) is 0 Å². The summed E-state index contributed by atoms with van der Waals surface area (Å²) in [7, 11) is -9.68. The molecular weight excluding hydrogens is 343 g/mol. The zero-order valence-electron chi connectivity index (χ0n) is 10.1. The summed E-state index contributed by atoms with van der Waals surface area (Å²) in [5.74, 6) is -3.74. The van der Waals surface area contributed by atoms with E-state index in [1.165, 1.54) is 0 Å². The van der Waals surface area contributed by atoms with Gasteiger partial charge in [-0.2, -0.15) is 0 Å². The third-order valence-electron chi connectivity index (χ3n) is 0.969. The molecule has 0 fully saturated rings. The molecule has 0 N–H and O–H groups in total. The molecule has 0 radical (unpaired) electrons. The summed E-state index contributed by atoms with van der Waals surface area (Å²) in [4.78, 5) is 0.202. The molecule has 0 saturated carbocycles. The second-order valence-electron chi connectivity index (χ2n) is 2.48. The summed E-state index contributed by atoms with van der Waals surface area (Å²) >= 11 is -2.80. The summed E-state index contributed by atoms with van der Waals surface area (Å²) in [6.07, 6.45) is 0. The minimum Gasteiger partial charge on any atom is -0.771 e. The Morgan fingerprint density at radius 3 is 1.33 bits per heavy atom. The zero-order chi connectivity index (χ0) is 12.3. The summed E-state index contributed by atoms with van der Waals surface area (Å²) < 4.78 is 81.6. The van der Waals surface area contributed by atoms with Gasteiger partial charge in [0.15, 0.2) is 0 Å². The fourth-order valence-corrected chi connectivity index (χ4v) is 2.80. The normalized spacial score (nSPS) is 12.9. The molecule has 0 spiro atoms. The first-order valence-corrected chi connectivity index (χ1v) is 7.55. The van der Waals surface area contributed by atoms with Crippen LogP contribution >= 0.6 is 0 Å². The van der Waals surface area contributed by atoms with E-state index in [9.17, 15) is 34.7 Å². The van der Waals surface area contributed by atoms with Gasteiger partial charge in [-0.1, -0.05) is 0 Å². The standard InChI is InChI=1S/C3H9NO8S3.3Na/c5-13(6)1-4(2-14(7,8)9)3-15(10,11)12;;;/h1-3H2,(H,5,6)(H,7,8,9)(H,10,11,12);;;/q;3*+1/p-3. The second kappa shape index (κ2) is 12.4. The van der Waals surface area contributed by atoms with Crippen molar-refractivity contribution in [3.8, 4) is 0 Å². The summed E-state index contributed by atoms with van der Waals surface area (Å²) in [6.45, 7) is 0. The first-order valence-electron chi connectivity index (χ1n) is 3.15. The van der Waals surface area contributed by atoms with E-state index >= 15 is 0 Å². The van der Waals surface area contributed by atoms with Crippen LogP contribution in [0, 0.1) is 0 Å². The largest absolute Gasteiger partial charge is 1.00 e. The number of nitrogens with zero attached hydrogens (tertiary/aromatic N) is 1. The van der Waals surface area contributed by atoms with Gasteiger partial charge in [0, 0.05) is 0 Å². The molecule has 0 rings (SSSR count). The topological polar surface area (TPSA) is 158 Å². The Kier molecular flexibility index (Phi) is 20.0. The van der Waals surface area contributed by atoms with Gasteiger partial charge in [-0.15, -0.1) is 0 Å². The molecule has 0 heterocycles. The van der Waals surface area contributed by atoms with Gasteiger partial charge in [0.1, 0.15) is 20.2 Å². The van der Waals surface area contributed by atoms with Crippen LogP contribution < -0.4 is 88.7 Å². The number of hydrogen-bond acceptors (Lipinski definition) is 9. The van der Waals surface area contributed by atoms with Gasteiger partial charge in [0.2, 0.25) is 0 Å². The molecule has 0 bridgehead atoms. The van der Waals surface area contributed by atoms with Gasteiger partial charge in [0.05, 0.1) is 17.6 Å². The van der Waals surface area contributed by atoms with Crippen LogP contribution in [0.5, 0.6) is 0 Å². The molecular formula is C3H6NNa3O8S3. The van der Waals surface area contributed by atoms with E-state index in [2.05, 4.69) is 0 Å². The molecule has 0 aromatic rings. The van der Waals surface area contributed by atoms with E-state index < -0.39 is 48.9 Å². The molecule has 9 nitrogen and oxygen atoms in total. The third-order valence-corrected chi connectivity index (χ3v) is 2.91. The van der Waals surface area contributed by atoms with Crippen LogP contribution in [0.1, 0.15) is 0 Å². The molecule has 0 saturated heterocycles. The number of hydrogen-bond donors (Lipinski definition) is 0. The maximum absolute atomic E-state index is 10.2. The monoisotopic (exact) mass is 349 g/mol. The average molecular weight is 349 g/mol. The van der Waals surface area contributed by atoms with Crippen LogP contribution in [0.15, 0.2) is 0 Å². The van der Waals surface area contributed by atoms with Gasteiger partial charge in [-0.3, -0.25) is 9.11 Å². The Hall–Kier alpha value is 2.89. The third kappa shape index (κ3) is 21.2. The predicted octanol–water partition coefficient (Wildman–Crippen LogP) is -11.9. The van der Waals surface area contributed by atoms with Crippen LogP contribution in [0.25, 0.3) is 0 Å². The smallest absolute Gasteiger partial charge is 0.771 e. The van der Waals surface area contributed by atoms with Crippen LogP contribution in [0.4, 0.5) is 0 Å². The molecule has 92 valence electrons. The van der Waals surface area contributed by atoms with Crippen molar-refractivity contribution in [2.24, 2.45) is 0 Å². The van der Waals surface area contributed by atoms with Crippen molar-refractivity contribution < 1.29 is 123 Å². The van der Waals surface area contributed by atoms with Crippen LogP contribution in [0.2, 0.25) is 0 Å². The van der Waals surface area contributed by atoms with Gasteiger partial charge in [0.25, 0.3) is 0 Å². The molecule has 1 unspecified atom stereocenters. The van der Waals surface area contributed by atoms with Crippen molar-refractivity contribution in [1.82, 2.24) is 4.90 Å². The first-order chi connectivity index (χ1) is 6.49. The maximum Gasteiger partial charge on any atom is 1.00 e. The van der Waals surface area contributed by atoms with Crippen LogP contribution in [-0.2, 0) is 31.3 Å². The first kappa shape index (κ1) is 29.0. The van der Waals surface area contributed by atoms with Crippen LogP contribution in [0.3, 0.4) is 0 Å². The molecule has 18 heavy (non-hydrogen) atoms. The van der Waals surface area contributed by atoms with E-state index in [-0.39, 0.29) is 93.6 Å². The molecule has 0 aliphatic carbocycles. The molecule has 1 atom stereocenters. The quantitative estimate of drug-likeness (QED) is 0.258. The predicted molar refractivity (Wildman–Crippen MR) is 44.8 cm³/mol. The molecule has 0 aliphatic heterocycles. The van der Waals surface area contributed by atoms with Crippen LogP contribution in [-0.4, -0.2) is 57.2 Å². The molecule has 0 aliphatic rings. The zero-order valence-corrected chi connectivity index (χ0v) is 18.5. The second-order valence-corrected chi connectivity index (χ2v) is 6.09. The minimum absolute atomic E-state index is 0. The Morgan fingerprint density at radius 2 is 1.17 bits per heavy atom. The fraction of sp³-hybridized carbons (Fsp3) is 1.00. The van der Waals surface area contributed by atoms with Gasteiger partial charge >= 0.3 is 88.7 Å². The Bertz CT molecular complexity index is 400.